The minimum absolute atomic E-state index is 0.165. The molecule has 3 N–H and O–H groups in total. The van der Waals surface area contributed by atoms with Gasteiger partial charge in [0, 0.05) is 11.8 Å². The summed E-state index contributed by atoms with van der Waals surface area (Å²) in [5, 5.41) is 3.38. The van der Waals surface area contributed by atoms with Gasteiger partial charge in [-0.25, -0.2) is 0 Å². The number of amides is 2. The summed E-state index contributed by atoms with van der Waals surface area (Å²) in [4.78, 5) is 24.3. The van der Waals surface area contributed by atoms with Crippen molar-refractivity contribution in [2.24, 2.45) is 17.1 Å². The molecule has 2 rings (SSSR count). The minimum Gasteiger partial charge on any atom is -0.365 e. The largest absolute Gasteiger partial charge is 0.365 e. The van der Waals surface area contributed by atoms with E-state index in [0.717, 1.165) is 31.2 Å². The average molecular weight is 308 g/mol. The summed E-state index contributed by atoms with van der Waals surface area (Å²) < 4.78 is 0. The van der Waals surface area contributed by atoms with Gasteiger partial charge in [-0.2, -0.15) is 0 Å². The summed E-state index contributed by atoms with van der Waals surface area (Å²) in [7, 11) is 0. The minimum atomic E-state index is -0.440. The zero-order valence-electron chi connectivity index (χ0n) is 13.2. The van der Waals surface area contributed by atoms with Gasteiger partial charge in [0.25, 0.3) is 5.91 Å². The molecule has 0 unspecified atom stereocenters. The van der Waals surface area contributed by atoms with E-state index in [1.54, 1.807) is 0 Å². The Morgan fingerprint density at radius 1 is 1.43 bits per heavy atom. The van der Waals surface area contributed by atoms with Crippen molar-refractivity contribution in [1.29, 1.82) is 0 Å². The quantitative estimate of drug-likeness (QED) is 0.895. The summed E-state index contributed by atoms with van der Waals surface area (Å²) in [6.45, 7) is 8.29. The Balaban J connectivity index is 2.37. The first-order valence-electron chi connectivity index (χ1n) is 7.48. The Bertz CT molecular complexity index is 575. The van der Waals surface area contributed by atoms with E-state index in [2.05, 4.69) is 26.1 Å². The van der Waals surface area contributed by atoms with Crippen LogP contribution < -0.4 is 11.1 Å². The molecule has 0 radical (unpaired) electrons. The van der Waals surface area contributed by atoms with E-state index in [1.807, 2.05) is 0 Å². The molecule has 1 aliphatic rings. The number of nitrogens with two attached hydrogens (primary N) is 1. The molecule has 0 spiro atoms. The highest BCUT2D eigenvalue weighted by molar-refractivity contribution is 7.17. The van der Waals surface area contributed by atoms with E-state index < -0.39 is 5.91 Å². The van der Waals surface area contributed by atoms with Gasteiger partial charge in [0.15, 0.2) is 0 Å². The number of hydrogen-bond donors (Lipinski definition) is 2. The highest BCUT2D eigenvalue weighted by Gasteiger charge is 2.34. The van der Waals surface area contributed by atoms with Crippen LogP contribution in [0.3, 0.4) is 0 Å². The van der Waals surface area contributed by atoms with Crippen molar-refractivity contribution in [2.75, 3.05) is 5.32 Å². The molecular weight excluding hydrogens is 284 g/mol. The summed E-state index contributed by atoms with van der Waals surface area (Å²) in [5.41, 5.74) is 7.40. The Morgan fingerprint density at radius 3 is 2.62 bits per heavy atom. The highest BCUT2D eigenvalue weighted by atomic mass is 32.1. The van der Waals surface area contributed by atoms with Crippen molar-refractivity contribution in [3.63, 3.8) is 0 Å². The number of rotatable bonds is 4. The summed E-state index contributed by atoms with van der Waals surface area (Å²) >= 11 is 1.52. The van der Waals surface area contributed by atoms with Crippen molar-refractivity contribution in [3.8, 4) is 0 Å². The first-order valence-corrected chi connectivity index (χ1v) is 8.29. The third-order valence-electron chi connectivity index (χ3n) is 4.82. The van der Waals surface area contributed by atoms with Gasteiger partial charge in [-0.15, -0.1) is 11.3 Å². The molecule has 0 saturated heterocycles. The van der Waals surface area contributed by atoms with Crippen LogP contribution in [0.5, 0.6) is 0 Å². The zero-order chi connectivity index (χ0) is 15.8. The Labute approximate surface area is 130 Å². The van der Waals surface area contributed by atoms with E-state index in [9.17, 15) is 9.59 Å². The molecule has 116 valence electrons. The number of carbonyl (C=O) groups excluding carboxylic acids is 2. The predicted octanol–water partition coefficient (Wildman–Crippen LogP) is 3.35. The molecular formula is C16H24N2O2S. The number of carbonyl (C=O) groups is 2. The number of primary amides is 1. The first kappa shape index (κ1) is 16.0. The zero-order valence-corrected chi connectivity index (χ0v) is 14.0. The fraction of sp³-hybridized carbons (Fsp3) is 0.625. The maximum Gasteiger partial charge on any atom is 0.251 e. The Kier molecular flexibility index (Phi) is 4.42. The molecule has 0 saturated carbocycles. The molecule has 1 aliphatic carbocycles. The second-order valence-electron chi connectivity index (χ2n) is 6.54. The molecule has 0 aliphatic heterocycles. The summed E-state index contributed by atoms with van der Waals surface area (Å²) in [6.07, 6.45) is 4.06. The van der Waals surface area contributed by atoms with Crippen LogP contribution in [0.4, 0.5) is 5.00 Å². The third kappa shape index (κ3) is 3.12. The number of hydrogen-bond acceptors (Lipinski definition) is 3. The second kappa shape index (κ2) is 5.79. The Hall–Kier alpha value is -1.36. The van der Waals surface area contributed by atoms with Crippen molar-refractivity contribution < 1.29 is 9.59 Å². The molecule has 2 amide bonds. The lowest BCUT2D eigenvalue weighted by molar-refractivity contribution is -0.114. The third-order valence-corrected chi connectivity index (χ3v) is 5.99. The van der Waals surface area contributed by atoms with Crippen LogP contribution in [0.25, 0.3) is 0 Å². The first-order chi connectivity index (χ1) is 9.76. The van der Waals surface area contributed by atoms with Crippen LogP contribution in [0.2, 0.25) is 0 Å². The van der Waals surface area contributed by atoms with Gasteiger partial charge in [-0.05, 0) is 36.2 Å². The van der Waals surface area contributed by atoms with Gasteiger partial charge in [-0.3, -0.25) is 9.59 Å². The van der Waals surface area contributed by atoms with Crippen molar-refractivity contribution >= 4 is 28.2 Å². The number of thiophene rings is 1. The molecule has 4 nitrogen and oxygen atoms in total. The van der Waals surface area contributed by atoms with E-state index in [0.29, 0.717) is 21.9 Å². The molecule has 1 aromatic rings. The SMILES string of the molecule is CCC(C)(C)[C@@H]1CCc2c(sc(NC(C)=O)c2C(N)=O)C1. The van der Waals surface area contributed by atoms with E-state index in [4.69, 9.17) is 5.73 Å². The van der Waals surface area contributed by atoms with Crippen molar-refractivity contribution in [3.05, 3.63) is 16.0 Å². The normalized spacial score (nSPS) is 18.2. The van der Waals surface area contributed by atoms with Crippen LogP contribution in [0.1, 0.15) is 61.3 Å². The van der Waals surface area contributed by atoms with E-state index in [1.165, 1.54) is 23.1 Å². The monoisotopic (exact) mass is 308 g/mol. The van der Waals surface area contributed by atoms with Crippen LogP contribution in [-0.2, 0) is 17.6 Å². The number of anilines is 1. The Morgan fingerprint density at radius 2 is 2.10 bits per heavy atom. The lowest BCUT2D eigenvalue weighted by Gasteiger charge is -2.36. The van der Waals surface area contributed by atoms with Gasteiger partial charge >= 0.3 is 0 Å². The smallest absolute Gasteiger partial charge is 0.251 e. The van der Waals surface area contributed by atoms with Crippen molar-refractivity contribution in [2.45, 2.75) is 53.4 Å². The van der Waals surface area contributed by atoms with Gasteiger partial charge in [-0.1, -0.05) is 27.2 Å². The fourth-order valence-electron chi connectivity index (χ4n) is 3.05. The fourth-order valence-corrected chi connectivity index (χ4v) is 4.43. The van der Waals surface area contributed by atoms with Gasteiger partial charge in [0.2, 0.25) is 5.91 Å². The molecule has 0 fully saturated rings. The molecule has 0 aromatic carbocycles. The topological polar surface area (TPSA) is 72.2 Å². The van der Waals surface area contributed by atoms with E-state index >= 15 is 0 Å². The number of nitrogens with one attached hydrogen (secondary N) is 1. The molecule has 5 heteroatoms. The van der Waals surface area contributed by atoms with Gasteiger partial charge in [0.05, 0.1) is 5.56 Å². The second-order valence-corrected chi connectivity index (χ2v) is 7.64. The highest BCUT2D eigenvalue weighted by Crippen LogP contribution is 2.45. The maximum absolute atomic E-state index is 11.7. The van der Waals surface area contributed by atoms with Crippen LogP contribution >= 0.6 is 11.3 Å². The number of fused-ring (bicyclic) bond motifs is 1. The molecule has 1 aromatic heterocycles. The molecule has 0 bridgehead atoms. The lowest BCUT2D eigenvalue weighted by Crippen LogP contribution is -2.29. The average Bonchev–Trinajstić information content (AvgIpc) is 2.74. The molecule has 1 heterocycles. The van der Waals surface area contributed by atoms with Crippen LogP contribution in [0.15, 0.2) is 0 Å². The lowest BCUT2D eigenvalue weighted by atomic mass is 9.69. The molecule has 21 heavy (non-hydrogen) atoms. The summed E-state index contributed by atoms with van der Waals surface area (Å²) in [6, 6.07) is 0. The van der Waals surface area contributed by atoms with Crippen molar-refractivity contribution in [1.82, 2.24) is 0 Å². The van der Waals surface area contributed by atoms with Gasteiger partial charge < -0.3 is 11.1 Å². The van der Waals surface area contributed by atoms with Crippen LogP contribution in [-0.4, -0.2) is 11.8 Å². The molecule has 1 atom stereocenters. The van der Waals surface area contributed by atoms with Crippen LogP contribution in [0, 0.1) is 11.3 Å². The predicted molar refractivity (Wildman–Crippen MR) is 86.7 cm³/mol. The van der Waals surface area contributed by atoms with Gasteiger partial charge in [0.1, 0.15) is 5.00 Å². The summed E-state index contributed by atoms with van der Waals surface area (Å²) in [5.74, 6) is 0.00513. The van der Waals surface area contributed by atoms with E-state index in [-0.39, 0.29) is 5.91 Å². The maximum atomic E-state index is 11.7. The standard InChI is InChI=1S/C16H24N2O2S/c1-5-16(3,4)10-6-7-11-12(8-10)21-15(18-9(2)19)13(11)14(17)20/h10H,5-8H2,1-4H3,(H2,17,20)(H,18,19)/t10-/m1/s1.